The van der Waals surface area contributed by atoms with E-state index in [-0.39, 0.29) is 11.7 Å². The predicted molar refractivity (Wildman–Crippen MR) is 123 cm³/mol. The quantitative estimate of drug-likeness (QED) is 0.440. The van der Waals surface area contributed by atoms with E-state index >= 15 is 0 Å². The van der Waals surface area contributed by atoms with E-state index < -0.39 is 5.82 Å². The van der Waals surface area contributed by atoms with Gasteiger partial charge in [-0.25, -0.2) is 4.39 Å². The third kappa shape index (κ3) is 4.11. The van der Waals surface area contributed by atoms with E-state index in [1.807, 2.05) is 6.07 Å². The average Bonchev–Trinajstić information content (AvgIpc) is 3.47. The van der Waals surface area contributed by atoms with Crippen molar-refractivity contribution in [1.29, 1.82) is 0 Å². The highest BCUT2D eigenvalue weighted by atomic mass is 19.1. The van der Waals surface area contributed by atoms with Gasteiger partial charge in [-0.05, 0) is 37.6 Å². The molecular formula is C24H26FN5O3. The van der Waals surface area contributed by atoms with Crippen LogP contribution in [0.2, 0.25) is 0 Å². The number of ether oxygens (including phenoxy) is 2. The van der Waals surface area contributed by atoms with Crippen LogP contribution in [0, 0.1) is 5.82 Å². The lowest BCUT2D eigenvalue weighted by Gasteiger charge is -2.18. The number of carbonyl (C=O) groups excluding carboxylic acids is 1. The van der Waals surface area contributed by atoms with Gasteiger partial charge in [0.2, 0.25) is 0 Å². The second-order valence-electron chi connectivity index (χ2n) is 8.16. The molecule has 9 heteroatoms. The molecule has 0 bridgehead atoms. The first-order valence-corrected chi connectivity index (χ1v) is 11.1. The highest BCUT2D eigenvalue weighted by molar-refractivity contribution is 6.06. The van der Waals surface area contributed by atoms with Crippen molar-refractivity contribution in [1.82, 2.24) is 20.6 Å². The summed E-state index contributed by atoms with van der Waals surface area (Å²) in [4.78, 5) is 20.5. The Balaban J connectivity index is 1.58. The third-order valence-corrected chi connectivity index (χ3v) is 6.05. The molecular weight excluding hydrogens is 425 g/mol. The zero-order valence-electron chi connectivity index (χ0n) is 18.3. The number of methoxy groups -OCH3 is 1. The van der Waals surface area contributed by atoms with Gasteiger partial charge in [0.25, 0.3) is 5.91 Å². The summed E-state index contributed by atoms with van der Waals surface area (Å²) >= 11 is 0. The van der Waals surface area contributed by atoms with Crippen molar-refractivity contribution in [2.75, 3.05) is 32.1 Å². The Kier molecular flexibility index (Phi) is 5.87. The summed E-state index contributed by atoms with van der Waals surface area (Å²) in [6.45, 7) is 2.07. The van der Waals surface area contributed by atoms with Gasteiger partial charge in [-0.15, -0.1) is 0 Å². The summed E-state index contributed by atoms with van der Waals surface area (Å²) in [5, 5.41) is 9.56. The number of pyridine rings is 1. The van der Waals surface area contributed by atoms with Gasteiger partial charge in [-0.3, -0.25) is 9.78 Å². The van der Waals surface area contributed by atoms with Gasteiger partial charge in [-0.1, -0.05) is 6.07 Å². The van der Waals surface area contributed by atoms with E-state index in [0.29, 0.717) is 54.0 Å². The van der Waals surface area contributed by atoms with E-state index in [4.69, 9.17) is 9.47 Å². The number of halogens is 1. The summed E-state index contributed by atoms with van der Waals surface area (Å²) < 4.78 is 25.8. The van der Waals surface area contributed by atoms with Gasteiger partial charge in [0.15, 0.2) is 11.6 Å². The van der Waals surface area contributed by atoms with Gasteiger partial charge < -0.3 is 30.4 Å². The molecule has 1 amide bonds. The standard InChI is InChI=1S/C24H26FN5O3/c1-32-23-16(25)5-2-6-18(23)30-22-20-17(8-11-28-24(20)31)29-21(22)15-7-10-26-12-19(15)33-13-14-4-3-9-27-14/h2,5-7,10,12,14,27,29-30H,3-4,8-9,11,13H2,1H3,(H,28,31)/t14-/m1/s1. The summed E-state index contributed by atoms with van der Waals surface area (Å²) in [5.74, 6) is 0.00536. The minimum absolute atomic E-state index is 0.0770. The lowest BCUT2D eigenvalue weighted by molar-refractivity contribution is 0.0947. The van der Waals surface area contributed by atoms with Crippen molar-refractivity contribution in [3.63, 3.8) is 0 Å². The second-order valence-corrected chi connectivity index (χ2v) is 8.16. The number of anilines is 2. The number of nitrogens with zero attached hydrogens (tertiary/aromatic N) is 1. The number of fused-ring (bicyclic) bond motifs is 1. The van der Waals surface area contributed by atoms with Gasteiger partial charge in [0.1, 0.15) is 12.4 Å². The van der Waals surface area contributed by atoms with Crippen LogP contribution in [0.4, 0.5) is 15.8 Å². The molecule has 172 valence electrons. The van der Waals surface area contributed by atoms with Crippen molar-refractivity contribution in [2.24, 2.45) is 0 Å². The topological polar surface area (TPSA) is 100 Å². The molecule has 33 heavy (non-hydrogen) atoms. The number of benzene rings is 1. The fourth-order valence-electron chi connectivity index (χ4n) is 4.45. The number of hydrogen-bond acceptors (Lipinski definition) is 6. The van der Waals surface area contributed by atoms with Crippen LogP contribution in [-0.2, 0) is 6.42 Å². The SMILES string of the molecule is COc1c(F)cccc1Nc1c(-c2ccncc2OC[C@H]2CCCN2)[nH]c2c1C(=O)NCC2. The molecule has 4 heterocycles. The summed E-state index contributed by atoms with van der Waals surface area (Å²) in [6.07, 6.45) is 6.22. The molecule has 3 aromatic rings. The van der Waals surface area contributed by atoms with Crippen LogP contribution in [0.25, 0.3) is 11.3 Å². The molecule has 0 unspecified atom stereocenters. The molecule has 4 N–H and O–H groups in total. The molecule has 1 atom stereocenters. The van der Waals surface area contributed by atoms with E-state index in [2.05, 4.69) is 25.9 Å². The van der Waals surface area contributed by atoms with Crippen molar-refractivity contribution in [3.8, 4) is 22.8 Å². The average molecular weight is 452 g/mol. The summed E-state index contributed by atoms with van der Waals surface area (Å²) in [5.41, 5.74) is 3.73. The largest absolute Gasteiger partial charge is 0.492 e. The first-order chi connectivity index (χ1) is 16.2. The molecule has 5 rings (SSSR count). The number of para-hydroxylation sites is 1. The molecule has 2 aliphatic heterocycles. The predicted octanol–water partition coefficient (Wildman–Crippen LogP) is 3.38. The number of H-pyrrole nitrogens is 1. The van der Waals surface area contributed by atoms with Crippen molar-refractivity contribution in [2.45, 2.75) is 25.3 Å². The molecule has 0 saturated carbocycles. The molecule has 2 aliphatic rings. The van der Waals surface area contributed by atoms with E-state index in [1.165, 1.54) is 13.2 Å². The van der Waals surface area contributed by atoms with E-state index in [9.17, 15) is 9.18 Å². The lowest BCUT2D eigenvalue weighted by atomic mass is 10.0. The van der Waals surface area contributed by atoms with Crippen LogP contribution in [0.5, 0.6) is 11.5 Å². The van der Waals surface area contributed by atoms with Gasteiger partial charge in [-0.2, -0.15) is 0 Å². The van der Waals surface area contributed by atoms with Crippen LogP contribution in [0.15, 0.2) is 36.7 Å². The zero-order valence-corrected chi connectivity index (χ0v) is 18.3. The van der Waals surface area contributed by atoms with Crippen LogP contribution in [0.3, 0.4) is 0 Å². The highest BCUT2D eigenvalue weighted by Gasteiger charge is 2.29. The minimum atomic E-state index is -0.491. The van der Waals surface area contributed by atoms with E-state index in [0.717, 1.165) is 30.6 Å². The molecule has 1 fully saturated rings. The Labute approximate surface area is 190 Å². The molecule has 8 nitrogen and oxygen atoms in total. The maximum atomic E-state index is 14.3. The maximum absolute atomic E-state index is 14.3. The van der Waals surface area contributed by atoms with Crippen LogP contribution < -0.4 is 25.4 Å². The number of rotatable bonds is 7. The number of aromatic nitrogens is 2. The Morgan fingerprint density at radius 2 is 2.18 bits per heavy atom. The first-order valence-electron chi connectivity index (χ1n) is 11.1. The summed E-state index contributed by atoms with van der Waals surface area (Å²) in [6, 6.07) is 6.78. The molecule has 0 radical (unpaired) electrons. The van der Waals surface area contributed by atoms with E-state index in [1.54, 1.807) is 24.5 Å². The molecule has 1 saturated heterocycles. The molecule has 0 aliphatic carbocycles. The van der Waals surface area contributed by atoms with Gasteiger partial charge >= 0.3 is 0 Å². The third-order valence-electron chi connectivity index (χ3n) is 6.05. The van der Waals surface area contributed by atoms with Crippen LogP contribution in [-0.4, -0.2) is 48.7 Å². The minimum Gasteiger partial charge on any atom is -0.492 e. The lowest BCUT2D eigenvalue weighted by Crippen LogP contribution is -2.31. The number of aromatic amines is 1. The van der Waals surface area contributed by atoms with Gasteiger partial charge in [0.05, 0.1) is 35.9 Å². The van der Waals surface area contributed by atoms with Crippen molar-refractivity contribution < 1.29 is 18.7 Å². The van der Waals surface area contributed by atoms with Crippen LogP contribution >= 0.6 is 0 Å². The number of hydrogen-bond donors (Lipinski definition) is 4. The fourth-order valence-corrected chi connectivity index (χ4v) is 4.45. The number of nitrogens with one attached hydrogen (secondary N) is 4. The smallest absolute Gasteiger partial charge is 0.255 e. The van der Waals surface area contributed by atoms with Crippen molar-refractivity contribution >= 4 is 17.3 Å². The highest BCUT2D eigenvalue weighted by Crippen LogP contribution is 2.42. The zero-order chi connectivity index (χ0) is 22.8. The van der Waals surface area contributed by atoms with Crippen LogP contribution in [0.1, 0.15) is 28.9 Å². The Bertz CT molecular complexity index is 1170. The fraction of sp³-hybridized carbons (Fsp3) is 0.333. The van der Waals surface area contributed by atoms with Gasteiger partial charge in [0, 0.05) is 36.5 Å². The molecule has 0 spiro atoms. The molecule has 1 aromatic carbocycles. The summed E-state index contributed by atoms with van der Waals surface area (Å²) in [7, 11) is 1.41. The second kappa shape index (κ2) is 9.11. The monoisotopic (exact) mass is 451 g/mol. The Morgan fingerprint density at radius 3 is 3.00 bits per heavy atom. The maximum Gasteiger partial charge on any atom is 0.255 e. The first kappa shape index (κ1) is 21.3. The Hall–Kier alpha value is -3.59. The number of amides is 1. The molecule has 2 aromatic heterocycles. The number of carbonyl (C=O) groups is 1. The normalized spacial score (nSPS) is 17.4. The van der Waals surface area contributed by atoms with Crippen molar-refractivity contribution in [3.05, 3.63) is 53.7 Å². The Morgan fingerprint density at radius 1 is 1.27 bits per heavy atom.